The van der Waals surface area contributed by atoms with Crippen molar-refractivity contribution in [3.63, 3.8) is 0 Å². The average molecular weight is 177 g/mol. The molecule has 4 heteroatoms. The normalized spacial score (nSPS) is 12.6. The van der Waals surface area contributed by atoms with Crippen LogP contribution in [0.15, 0.2) is 30.7 Å². The third-order valence-electron chi connectivity index (χ3n) is 1.68. The molecule has 4 nitrogen and oxygen atoms in total. The minimum atomic E-state index is -0.532. The van der Waals surface area contributed by atoms with Gasteiger partial charge in [-0.25, -0.2) is 0 Å². The molecule has 0 atom stereocenters. The van der Waals surface area contributed by atoms with Crippen LogP contribution in [0.3, 0.4) is 0 Å². The molecule has 0 unspecified atom stereocenters. The van der Waals surface area contributed by atoms with Crippen LogP contribution < -0.4 is 15.2 Å². The minimum Gasteiger partial charge on any atom is -0.458 e. The number of carbonyl (C=O) groups is 1. The number of carbonyl (C=O) groups excluding carboxylic acids is 1. The van der Waals surface area contributed by atoms with Crippen LogP contribution in [0.25, 0.3) is 0 Å². The molecule has 1 aliphatic heterocycles. The Balaban J connectivity index is 2.55. The van der Waals surface area contributed by atoms with Crippen LogP contribution in [0.4, 0.5) is 0 Å². The summed E-state index contributed by atoms with van der Waals surface area (Å²) in [5.41, 5.74) is 5.46. The van der Waals surface area contributed by atoms with Gasteiger partial charge < -0.3 is 15.2 Å². The van der Waals surface area contributed by atoms with E-state index in [0.717, 1.165) is 0 Å². The molecule has 0 aromatic heterocycles. The summed E-state index contributed by atoms with van der Waals surface area (Å²) >= 11 is 0. The average Bonchev–Trinajstić information content (AvgIpc) is 2.17. The maximum Gasteiger partial charge on any atom is 0.252 e. The first-order chi connectivity index (χ1) is 6.29. The van der Waals surface area contributed by atoms with Gasteiger partial charge in [-0.15, -0.1) is 0 Å². The van der Waals surface area contributed by atoms with Crippen molar-refractivity contribution in [3.8, 4) is 11.5 Å². The van der Waals surface area contributed by atoms with E-state index in [4.69, 9.17) is 15.2 Å². The summed E-state index contributed by atoms with van der Waals surface area (Å²) in [5.74, 6) is 0.340. The van der Waals surface area contributed by atoms with Crippen molar-refractivity contribution < 1.29 is 14.3 Å². The summed E-state index contributed by atoms with van der Waals surface area (Å²) in [6, 6.07) is 4.97. The summed E-state index contributed by atoms with van der Waals surface area (Å²) in [6.07, 6.45) is 2.75. The molecule has 0 saturated heterocycles. The molecule has 1 heterocycles. The number of hydrogen-bond donors (Lipinski definition) is 1. The summed E-state index contributed by atoms with van der Waals surface area (Å²) < 4.78 is 10.2. The monoisotopic (exact) mass is 177 g/mol. The van der Waals surface area contributed by atoms with Gasteiger partial charge in [0.05, 0.1) is 5.56 Å². The fourth-order valence-electron chi connectivity index (χ4n) is 1.12. The number of amides is 1. The first-order valence-electron chi connectivity index (χ1n) is 3.70. The van der Waals surface area contributed by atoms with Crippen LogP contribution >= 0.6 is 0 Å². The molecule has 0 bridgehead atoms. The van der Waals surface area contributed by atoms with Gasteiger partial charge in [0.15, 0.2) is 11.5 Å². The van der Waals surface area contributed by atoms with Gasteiger partial charge in [0.1, 0.15) is 12.5 Å². The molecule has 13 heavy (non-hydrogen) atoms. The van der Waals surface area contributed by atoms with Crippen LogP contribution in [0.5, 0.6) is 11.5 Å². The number of rotatable bonds is 1. The van der Waals surface area contributed by atoms with E-state index < -0.39 is 5.91 Å². The molecular weight excluding hydrogens is 170 g/mol. The second-order valence-corrected chi connectivity index (χ2v) is 2.50. The molecule has 0 saturated carbocycles. The number of para-hydroxylation sites is 1. The number of ether oxygens (including phenoxy) is 2. The molecule has 1 aliphatic rings. The van der Waals surface area contributed by atoms with Gasteiger partial charge in [0, 0.05) is 0 Å². The Labute approximate surface area is 74.6 Å². The summed E-state index contributed by atoms with van der Waals surface area (Å²) in [6.45, 7) is 0. The molecule has 1 aromatic rings. The van der Waals surface area contributed by atoms with E-state index in [1.807, 2.05) is 0 Å². The van der Waals surface area contributed by atoms with E-state index in [0.29, 0.717) is 17.1 Å². The van der Waals surface area contributed by atoms with Crippen LogP contribution in [-0.2, 0) is 0 Å². The zero-order valence-corrected chi connectivity index (χ0v) is 6.69. The topological polar surface area (TPSA) is 61.6 Å². The van der Waals surface area contributed by atoms with E-state index in [9.17, 15) is 4.79 Å². The van der Waals surface area contributed by atoms with E-state index in [-0.39, 0.29) is 0 Å². The van der Waals surface area contributed by atoms with Gasteiger partial charge in [-0.05, 0) is 12.1 Å². The molecule has 0 spiro atoms. The Morgan fingerprint density at radius 2 is 2.00 bits per heavy atom. The lowest BCUT2D eigenvalue weighted by molar-refractivity contribution is 0.0997. The molecule has 1 amide bonds. The Kier molecular flexibility index (Phi) is 1.66. The van der Waals surface area contributed by atoms with Crippen molar-refractivity contribution >= 4 is 5.91 Å². The van der Waals surface area contributed by atoms with Crippen molar-refractivity contribution in [3.05, 3.63) is 36.3 Å². The number of fused-ring (bicyclic) bond motifs is 1. The van der Waals surface area contributed by atoms with Gasteiger partial charge >= 0.3 is 0 Å². The fourth-order valence-corrected chi connectivity index (χ4v) is 1.12. The third kappa shape index (κ3) is 1.22. The molecule has 66 valence electrons. The molecular formula is C9H7NO3. The lowest BCUT2D eigenvalue weighted by Crippen LogP contribution is -2.13. The molecule has 0 aliphatic carbocycles. The minimum absolute atomic E-state index is 0.321. The molecule has 0 radical (unpaired) electrons. The Morgan fingerprint density at radius 3 is 2.77 bits per heavy atom. The van der Waals surface area contributed by atoms with Crippen LogP contribution in [0.1, 0.15) is 10.4 Å². The van der Waals surface area contributed by atoms with Crippen molar-refractivity contribution in [2.75, 3.05) is 0 Å². The smallest absolute Gasteiger partial charge is 0.252 e. The molecule has 1 aromatic carbocycles. The van der Waals surface area contributed by atoms with Crippen LogP contribution in [-0.4, -0.2) is 5.91 Å². The van der Waals surface area contributed by atoms with Crippen LogP contribution in [0.2, 0.25) is 0 Å². The number of nitrogens with two attached hydrogens (primary N) is 1. The summed E-state index contributed by atoms with van der Waals surface area (Å²) in [7, 11) is 0. The molecule has 2 rings (SSSR count). The maximum atomic E-state index is 10.9. The Hall–Kier alpha value is -1.97. The van der Waals surface area contributed by atoms with Gasteiger partial charge in [0.2, 0.25) is 0 Å². The Morgan fingerprint density at radius 1 is 1.23 bits per heavy atom. The molecule has 0 fully saturated rings. The number of primary amides is 1. The lowest BCUT2D eigenvalue weighted by atomic mass is 10.1. The first kappa shape index (κ1) is 7.67. The van der Waals surface area contributed by atoms with Crippen molar-refractivity contribution in [1.82, 2.24) is 0 Å². The Bertz CT molecular complexity index is 384. The SMILES string of the molecule is NC(=O)c1cccc2c1OC=CO2. The third-order valence-corrected chi connectivity index (χ3v) is 1.68. The zero-order valence-electron chi connectivity index (χ0n) is 6.69. The quantitative estimate of drug-likeness (QED) is 0.696. The van der Waals surface area contributed by atoms with Crippen molar-refractivity contribution in [2.45, 2.75) is 0 Å². The standard InChI is InChI=1S/C9H7NO3/c10-9(11)6-2-1-3-7-8(6)13-5-4-12-7/h1-5H,(H2,10,11). The predicted octanol–water partition coefficient (Wildman–Crippen LogP) is 1.03. The van der Waals surface area contributed by atoms with E-state index in [2.05, 4.69) is 0 Å². The maximum absolute atomic E-state index is 10.9. The summed E-state index contributed by atoms with van der Waals surface area (Å²) in [4.78, 5) is 10.9. The van der Waals surface area contributed by atoms with Crippen molar-refractivity contribution in [1.29, 1.82) is 0 Å². The molecule has 2 N–H and O–H groups in total. The highest BCUT2D eigenvalue weighted by atomic mass is 16.5. The second-order valence-electron chi connectivity index (χ2n) is 2.50. The second kappa shape index (κ2) is 2.82. The summed E-state index contributed by atoms with van der Waals surface area (Å²) in [5, 5.41) is 0. The fraction of sp³-hybridized carbons (Fsp3) is 0. The highest BCUT2D eigenvalue weighted by Crippen LogP contribution is 2.33. The van der Waals surface area contributed by atoms with Gasteiger partial charge in [-0.1, -0.05) is 6.07 Å². The number of benzene rings is 1. The first-order valence-corrected chi connectivity index (χ1v) is 3.70. The zero-order chi connectivity index (χ0) is 9.26. The van der Waals surface area contributed by atoms with E-state index in [1.54, 1.807) is 18.2 Å². The lowest BCUT2D eigenvalue weighted by Gasteiger charge is -2.13. The predicted molar refractivity (Wildman–Crippen MR) is 45.4 cm³/mol. The van der Waals surface area contributed by atoms with Gasteiger partial charge in [-0.2, -0.15) is 0 Å². The largest absolute Gasteiger partial charge is 0.458 e. The highest BCUT2D eigenvalue weighted by Gasteiger charge is 2.16. The van der Waals surface area contributed by atoms with Crippen molar-refractivity contribution in [2.24, 2.45) is 5.73 Å². The van der Waals surface area contributed by atoms with E-state index in [1.165, 1.54) is 12.5 Å². The van der Waals surface area contributed by atoms with Gasteiger partial charge in [-0.3, -0.25) is 4.79 Å². The van der Waals surface area contributed by atoms with E-state index >= 15 is 0 Å². The number of hydrogen-bond acceptors (Lipinski definition) is 3. The van der Waals surface area contributed by atoms with Crippen LogP contribution in [0, 0.1) is 0 Å². The highest BCUT2D eigenvalue weighted by molar-refractivity contribution is 5.96. The van der Waals surface area contributed by atoms with Gasteiger partial charge in [0.25, 0.3) is 5.91 Å².